The Hall–Kier alpha value is -1.65. The summed E-state index contributed by atoms with van der Waals surface area (Å²) in [4.78, 5) is 9.71. The molecule has 4 heteroatoms. The number of hydrogen-bond acceptors (Lipinski definition) is 3. The van der Waals surface area contributed by atoms with Gasteiger partial charge in [-0.15, -0.1) is 0 Å². The quantitative estimate of drug-likeness (QED) is 0.855. The zero-order chi connectivity index (χ0) is 17.3. The van der Waals surface area contributed by atoms with Crippen molar-refractivity contribution in [3.8, 4) is 0 Å². The van der Waals surface area contributed by atoms with E-state index in [4.69, 9.17) is 0 Å². The van der Waals surface area contributed by atoms with Crippen LogP contribution in [0.1, 0.15) is 36.3 Å². The van der Waals surface area contributed by atoms with Gasteiger partial charge < -0.3 is 4.57 Å². The van der Waals surface area contributed by atoms with Crippen LogP contribution in [-0.4, -0.2) is 45.5 Å². The van der Waals surface area contributed by atoms with E-state index in [2.05, 4.69) is 63.7 Å². The molecule has 2 aliphatic rings. The molecule has 0 unspecified atom stereocenters. The van der Waals surface area contributed by atoms with Crippen molar-refractivity contribution < 1.29 is 0 Å². The monoisotopic (exact) mass is 338 g/mol. The number of likely N-dealkylation sites (tertiary alicyclic amines) is 2. The molecule has 2 aliphatic heterocycles. The topological polar surface area (TPSA) is 24.3 Å². The van der Waals surface area contributed by atoms with Crippen LogP contribution in [0, 0.1) is 12.3 Å². The number of aromatic nitrogens is 2. The maximum atomic E-state index is 4.43. The van der Waals surface area contributed by atoms with Crippen LogP contribution in [0.2, 0.25) is 0 Å². The molecule has 1 aromatic heterocycles. The lowest BCUT2D eigenvalue weighted by Gasteiger charge is -2.39. The van der Waals surface area contributed by atoms with E-state index in [1.807, 2.05) is 6.20 Å². The van der Waals surface area contributed by atoms with Crippen molar-refractivity contribution >= 4 is 0 Å². The van der Waals surface area contributed by atoms with E-state index in [1.165, 1.54) is 56.7 Å². The Kier molecular flexibility index (Phi) is 4.65. The third-order valence-electron chi connectivity index (χ3n) is 6.39. The number of piperidine rings is 1. The number of nitrogens with zero attached hydrogens (tertiary/aromatic N) is 4. The van der Waals surface area contributed by atoms with E-state index in [-0.39, 0.29) is 0 Å². The third-order valence-corrected chi connectivity index (χ3v) is 6.39. The first-order valence-electron chi connectivity index (χ1n) is 9.59. The molecule has 0 radical (unpaired) electrons. The minimum Gasteiger partial charge on any atom is -0.334 e. The summed E-state index contributed by atoms with van der Waals surface area (Å²) in [7, 11) is 2.13. The molecule has 1 spiro atoms. The molecule has 4 nitrogen and oxygen atoms in total. The van der Waals surface area contributed by atoms with E-state index in [0.29, 0.717) is 5.41 Å². The Bertz CT molecular complexity index is 698. The number of imidazole rings is 1. The Labute approximate surface area is 151 Å². The summed E-state index contributed by atoms with van der Waals surface area (Å²) >= 11 is 0. The van der Waals surface area contributed by atoms with Gasteiger partial charge in [0.25, 0.3) is 0 Å². The van der Waals surface area contributed by atoms with Gasteiger partial charge in [0.15, 0.2) is 0 Å². The minimum atomic E-state index is 0.563. The van der Waals surface area contributed by atoms with E-state index in [1.54, 1.807) is 0 Å². The minimum absolute atomic E-state index is 0.563. The Morgan fingerprint density at radius 2 is 1.64 bits per heavy atom. The lowest BCUT2D eigenvalue weighted by molar-refractivity contribution is 0.100. The molecule has 0 saturated carbocycles. The average Bonchev–Trinajstić information content (AvgIpc) is 3.16. The second-order valence-corrected chi connectivity index (χ2v) is 8.08. The van der Waals surface area contributed by atoms with Gasteiger partial charge in [0.1, 0.15) is 5.82 Å². The van der Waals surface area contributed by atoms with Gasteiger partial charge in [-0.1, -0.05) is 30.3 Å². The van der Waals surface area contributed by atoms with Crippen LogP contribution >= 0.6 is 0 Å². The number of benzene rings is 1. The van der Waals surface area contributed by atoms with Crippen LogP contribution in [-0.2, 0) is 20.1 Å². The molecule has 1 aromatic carbocycles. The molecular weight excluding hydrogens is 308 g/mol. The first-order valence-corrected chi connectivity index (χ1v) is 9.59. The standard InChI is InChI=1S/C21H30N4/c1-18-22-14-20(23(18)2)16-24-11-8-21(9-12-24)10-13-25(17-21)15-19-6-4-3-5-7-19/h3-7,14H,8-13,15-17H2,1-2H3. The molecule has 0 aliphatic carbocycles. The van der Waals surface area contributed by atoms with Gasteiger partial charge >= 0.3 is 0 Å². The van der Waals surface area contributed by atoms with Gasteiger partial charge in [-0.05, 0) is 56.8 Å². The van der Waals surface area contributed by atoms with Crippen LogP contribution in [0.5, 0.6) is 0 Å². The summed E-state index contributed by atoms with van der Waals surface area (Å²) in [5, 5.41) is 0. The molecule has 0 amide bonds. The molecule has 2 fully saturated rings. The molecule has 3 heterocycles. The molecular formula is C21H30N4. The Morgan fingerprint density at radius 3 is 2.28 bits per heavy atom. The van der Waals surface area contributed by atoms with Crippen LogP contribution in [0.4, 0.5) is 0 Å². The predicted octanol–water partition coefficient (Wildman–Crippen LogP) is 3.22. The van der Waals surface area contributed by atoms with Crippen LogP contribution in [0.25, 0.3) is 0 Å². The van der Waals surface area contributed by atoms with Crippen molar-refractivity contribution in [2.24, 2.45) is 12.5 Å². The van der Waals surface area contributed by atoms with E-state index < -0.39 is 0 Å². The summed E-state index contributed by atoms with van der Waals surface area (Å²) in [5.41, 5.74) is 3.35. The van der Waals surface area contributed by atoms with Crippen LogP contribution in [0.3, 0.4) is 0 Å². The molecule has 0 N–H and O–H groups in total. The fourth-order valence-corrected chi connectivity index (χ4v) is 4.52. The Balaban J connectivity index is 1.30. The zero-order valence-electron chi connectivity index (χ0n) is 15.6. The van der Waals surface area contributed by atoms with Gasteiger partial charge in [-0.3, -0.25) is 9.80 Å². The molecule has 25 heavy (non-hydrogen) atoms. The zero-order valence-corrected chi connectivity index (χ0v) is 15.6. The maximum Gasteiger partial charge on any atom is 0.105 e. The van der Waals surface area contributed by atoms with Gasteiger partial charge in [0.2, 0.25) is 0 Å². The Morgan fingerprint density at radius 1 is 0.960 bits per heavy atom. The van der Waals surface area contributed by atoms with Crippen molar-refractivity contribution in [2.75, 3.05) is 26.2 Å². The summed E-state index contributed by atoms with van der Waals surface area (Å²) in [6, 6.07) is 10.9. The normalized spacial score (nSPS) is 21.2. The summed E-state index contributed by atoms with van der Waals surface area (Å²) < 4.78 is 2.22. The van der Waals surface area contributed by atoms with Crippen LogP contribution in [0.15, 0.2) is 36.5 Å². The summed E-state index contributed by atoms with van der Waals surface area (Å²) in [6.45, 7) is 9.22. The predicted molar refractivity (Wildman–Crippen MR) is 101 cm³/mol. The summed E-state index contributed by atoms with van der Waals surface area (Å²) in [5.74, 6) is 1.11. The fraction of sp³-hybridized carbons (Fsp3) is 0.571. The molecule has 2 saturated heterocycles. The highest BCUT2D eigenvalue weighted by atomic mass is 15.2. The number of aryl methyl sites for hydroxylation is 1. The van der Waals surface area contributed by atoms with E-state index >= 15 is 0 Å². The average molecular weight is 338 g/mol. The van der Waals surface area contributed by atoms with Crippen molar-refractivity contribution in [3.63, 3.8) is 0 Å². The van der Waals surface area contributed by atoms with Crippen molar-refractivity contribution in [2.45, 2.75) is 39.3 Å². The number of hydrogen-bond donors (Lipinski definition) is 0. The first kappa shape index (κ1) is 16.8. The van der Waals surface area contributed by atoms with Crippen molar-refractivity contribution in [1.29, 1.82) is 0 Å². The lowest BCUT2D eigenvalue weighted by atomic mass is 9.78. The van der Waals surface area contributed by atoms with E-state index in [0.717, 1.165) is 18.9 Å². The maximum absolute atomic E-state index is 4.43. The molecule has 0 atom stereocenters. The van der Waals surface area contributed by atoms with Crippen molar-refractivity contribution in [3.05, 3.63) is 53.6 Å². The van der Waals surface area contributed by atoms with Crippen molar-refractivity contribution in [1.82, 2.24) is 19.4 Å². The highest BCUT2D eigenvalue weighted by Gasteiger charge is 2.40. The smallest absolute Gasteiger partial charge is 0.105 e. The highest BCUT2D eigenvalue weighted by Crippen LogP contribution is 2.41. The van der Waals surface area contributed by atoms with Gasteiger partial charge in [0.05, 0.1) is 5.69 Å². The largest absolute Gasteiger partial charge is 0.334 e. The fourth-order valence-electron chi connectivity index (χ4n) is 4.52. The van der Waals surface area contributed by atoms with Crippen LogP contribution < -0.4 is 0 Å². The van der Waals surface area contributed by atoms with E-state index in [9.17, 15) is 0 Å². The highest BCUT2D eigenvalue weighted by molar-refractivity contribution is 5.15. The first-order chi connectivity index (χ1) is 12.1. The molecule has 0 bridgehead atoms. The molecule has 4 rings (SSSR count). The molecule has 134 valence electrons. The molecule has 2 aromatic rings. The second kappa shape index (κ2) is 6.93. The third kappa shape index (κ3) is 3.65. The summed E-state index contributed by atoms with van der Waals surface area (Å²) in [6.07, 6.45) is 6.10. The van der Waals surface area contributed by atoms with Gasteiger partial charge in [0, 0.05) is 32.9 Å². The second-order valence-electron chi connectivity index (χ2n) is 8.08. The van der Waals surface area contributed by atoms with Gasteiger partial charge in [-0.25, -0.2) is 4.98 Å². The number of rotatable bonds is 4. The SMILES string of the molecule is Cc1ncc(CN2CCC3(CC2)CCN(Cc2ccccc2)C3)n1C. The van der Waals surface area contributed by atoms with Gasteiger partial charge in [-0.2, -0.15) is 0 Å². The lowest BCUT2D eigenvalue weighted by Crippen LogP contribution is -2.41.